The highest BCUT2D eigenvalue weighted by Gasteiger charge is 2.18. The van der Waals surface area contributed by atoms with Crippen molar-refractivity contribution in [1.82, 2.24) is 5.32 Å². The van der Waals surface area contributed by atoms with Gasteiger partial charge in [-0.3, -0.25) is 0 Å². The summed E-state index contributed by atoms with van der Waals surface area (Å²) in [5.74, 6) is -1.09. The van der Waals surface area contributed by atoms with Crippen molar-refractivity contribution < 1.29 is 8.78 Å². The molecule has 0 amide bonds. The number of hydrogen-bond acceptors (Lipinski definition) is 2. The molecule has 1 unspecified atom stereocenters. The zero-order chi connectivity index (χ0) is 15.4. The summed E-state index contributed by atoms with van der Waals surface area (Å²) in [6, 6.07) is 11.3. The minimum Gasteiger partial charge on any atom is -0.378 e. The van der Waals surface area contributed by atoms with Crippen LogP contribution in [0.25, 0.3) is 0 Å². The summed E-state index contributed by atoms with van der Waals surface area (Å²) < 4.78 is 27.2. The summed E-state index contributed by atoms with van der Waals surface area (Å²) >= 11 is 0. The van der Waals surface area contributed by atoms with Gasteiger partial charge in [0.25, 0.3) is 0 Å². The zero-order valence-electron chi connectivity index (χ0n) is 12.5. The molecule has 2 nitrogen and oxygen atoms in total. The molecule has 2 aromatic rings. The number of nitrogens with one attached hydrogen (secondary N) is 1. The third-order valence-corrected chi connectivity index (χ3v) is 3.40. The van der Waals surface area contributed by atoms with Crippen LogP contribution in [0, 0.1) is 11.6 Å². The molecule has 0 aromatic heterocycles. The van der Waals surface area contributed by atoms with Gasteiger partial charge in [0.15, 0.2) is 0 Å². The van der Waals surface area contributed by atoms with Crippen LogP contribution < -0.4 is 10.2 Å². The number of benzene rings is 2. The summed E-state index contributed by atoms with van der Waals surface area (Å²) in [6.07, 6.45) is 0. The summed E-state index contributed by atoms with van der Waals surface area (Å²) in [5.41, 5.74) is 2.45. The van der Waals surface area contributed by atoms with E-state index in [-0.39, 0.29) is 6.04 Å². The molecule has 0 saturated carbocycles. The van der Waals surface area contributed by atoms with Gasteiger partial charge in [0.1, 0.15) is 11.6 Å². The highest BCUT2D eigenvalue weighted by Crippen LogP contribution is 2.27. The second-order valence-corrected chi connectivity index (χ2v) is 5.15. The molecule has 21 heavy (non-hydrogen) atoms. The van der Waals surface area contributed by atoms with Gasteiger partial charge < -0.3 is 10.2 Å². The number of rotatable bonds is 5. The molecule has 0 bridgehead atoms. The van der Waals surface area contributed by atoms with E-state index >= 15 is 0 Å². The minimum atomic E-state index is -0.562. The van der Waals surface area contributed by atoms with Crippen LogP contribution >= 0.6 is 0 Å². The minimum absolute atomic E-state index is 0.296. The fourth-order valence-corrected chi connectivity index (χ4v) is 2.33. The van der Waals surface area contributed by atoms with Crippen molar-refractivity contribution in [3.63, 3.8) is 0 Å². The van der Waals surface area contributed by atoms with E-state index < -0.39 is 11.6 Å². The molecular weight excluding hydrogens is 270 g/mol. The average Bonchev–Trinajstić information content (AvgIpc) is 2.45. The Balaban J connectivity index is 2.45. The van der Waals surface area contributed by atoms with Crippen molar-refractivity contribution in [2.75, 3.05) is 25.5 Å². The van der Waals surface area contributed by atoms with E-state index in [1.54, 1.807) is 0 Å². The Labute approximate surface area is 124 Å². The van der Waals surface area contributed by atoms with Crippen LogP contribution in [0.2, 0.25) is 0 Å². The van der Waals surface area contributed by atoms with Crippen LogP contribution in [0.3, 0.4) is 0 Å². The van der Waals surface area contributed by atoms with Gasteiger partial charge in [-0.05, 0) is 30.3 Å². The maximum atomic E-state index is 14.1. The van der Waals surface area contributed by atoms with E-state index in [2.05, 4.69) is 5.32 Å². The first-order chi connectivity index (χ1) is 10.0. The topological polar surface area (TPSA) is 15.3 Å². The molecule has 2 rings (SSSR count). The Bertz CT molecular complexity index is 611. The van der Waals surface area contributed by atoms with Gasteiger partial charge in [-0.1, -0.05) is 25.1 Å². The van der Waals surface area contributed by atoms with Crippen molar-refractivity contribution >= 4 is 5.69 Å². The molecule has 0 spiro atoms. The molecule has 0 fully saturated rings. The number of halogens is 2. The average molecular weight is 290 g/mol. The van der Waals surface area contributed by atoms with Gasteiger partial charge in [0.2, 0.25) is 0 Å². The maximum absolute atomic E-state index is 14.1. The SMILES string of the molecule is CCNC(c1cccc(N(C)C)c1)c1ccc(F)cc1F. The highest BCUT2D eigenvalue weighted by atomic mass is 19.1. The fraction of sp³-hybridized carbons (Fsp3) is 0.294. The first-order valence-corrected chi connectivity index (χ1v) is 6.98. The predicted octanol–water partition coefficient (Wildman–Crippen LogP) is 3.73. The lowest BCUT2D eigenvalue weighted by Gasteiger charge is -2.22. The summed E-state index contributed by atoms with van der Waals surface area (Å²) in [7, 11) is 3.92. The van der Waals surface area contributed by atoms with Gasteiger partial charge in [-0.2, -0.15) is 0 Å². The Morgan fingerprint density at radius 3 is 2.48 bits per heavy atom. The molecule has 0 heterocycles. The van der Waals surface area contributed by atoms with Crippen LogP contribution in [0.5, 0.6) is 0 Å². The van der Waals surface area contributed by atoms with E-state index in [0.29, 0.717) is 12.1 Å². The first-order valence-electron chi connectivity index (χ1n) is 6.98. The molecular formula is C17H20F2N2. The normalized spacial score (nSPS) is 12.2. The van der Waals surface area contributed by atoms with Gasteiger partial charge in [0.05, 0.1) is 6.04 Å². The molecule has 0 saturated heterocycles. The van der Waals surface area contributed by atoms with E-state index in [0.717, 1.165) is 17.3 Å². The molecule has 0 aliphatic rings. The van der Waals surface area contributed by atoms with E-state index in [1.165, 1.54) is 12.1 Å². The largest absolute Gasteiger partial charge is 0.378 e. The Morgan fingerprint density at radius 2 is 1.86 bits per heavy atom. The number of nitrogens with zero attached hydrogens (tertiary/aromatic N) is 1. The van der Waals surface area contributed by atoms with Gasteiger partial charge in [-0.15, -0.1) is 0 Å². The van der Waals surface area contributed by atoms with Crippen molar-refractivity contribution in [3.05, 3.63) is 65.2 Å². The molecule has 112 valence electrons. The summed E-state index contributed by atoms with van der Waals surface area (Å²) in [5, 5.41) is 3.26. The van der Waals surface area contributed by atoms with E-state index in [9.17, 15) is 8.78 Å². The van der Waals surface area contributed by atoms with Crippen molar-refractivity contribution in [1.29, 1.82) is 0 Å². The van der Waals surface area contributed by atoms with Crippen molar-refractivity contribution in [2.24, 2.45) is 0 Å². The lowest BCUT2D eigenvalue weighted by Crippen LogP contribution is -2.23. The maximum Gasteiger partial charge on any atom is 0.131 e. The second kappa shape index (κ2) is 6.68. The molecule has 0 aliphatic carbocycles. The lowest BCUT2D eigenvalue weighted by atomic mass is 9.97. The van der Waals surface area contributed by atoms with Crippen molar-refractivity contribution in [3.8, 4) is 0 Å². The highest BCUT2D eigenvalue weighted by molar-refractivity contribution is 5.49. The fourth-order valence-electron chi connectivity index (χ4n) is 2.33. The Morgan fingerprint density at radius 1 is 1.10 bits per heavy atom. The monoisotopic (exact) mass is 290 g/mol. The van der Waals surface area contributed by atoms with Crippen LogP contribution in [-0.4, -0.2) is 20.6 Å². The Kier molecular flexibility index (Phi) is 4.91. The van der Waals surface area contributed by atoms with Gasteiger partial charge in [0, 0.05) is 31.4 Å². The van der Waals surface area contributed by atoms with E-state index in [1.807, 2.05) is 50.2 Å². The van der Waals surface area contributed by atoms with Gasteiger partial charge in [-0.25, -0.2) is 8.78 Å². The van der Waals surface area contributed by atoms with Crippen LogP contribution in [-0.2, 0) is 0 Å². The quantitative estimate of drug-likeness (QED) is 0.902. The lowest BCUT2D eigenvalue weighted by molar-refractivity contribution is 0.541. The standard InChI is InChI=1S/C17H20F2N2/c1-4-20-17(15-9-8-13(18)11-16(15)19)12-6-5-7-14(10-12)21(2)3/h5-11,17,20H,4H2,1-3H3. The van der Waals surface area contributed by atoms with Crippen LogP contribution in [0.15, 0.2) is 42.5 Å². The molecule has 2 aromatic carbocycles. The Hall–Kier alpha value is -1.94. The van der Waals surface area contributed by atoms with Crippen LogP contribution in [0.1, 0.15) is 24.1 Å². The third-order valence-electron chi connectivity index (χ3n) is 3.40. The first kappa shape index (κ1) is 15.4. The molecule has 4 heteroatoms. The summed E-state index contributed by atoms with van der Waals surface area (Å²) in [4.78, 5) is 1.99. The smallest absolute Gasteiger partial charge is 0.131 e. The summed E-state index contributed by atoms with van der Waals surface area (Å²) in [6.45, 7) is 2.65. The molecule has 0 aliphatic heterocycles. The van der Waals surface area contributed by atoms with Gasteiger partial charge >= 0.3 is 0 Å². The van der Waals surface area contributed by atoms with Crippen LogP contribution in [0.4, 0.5) is 14.5 Å². The molecule has 0 radical (unpaired) electrons. The van der Waals surface area contributed by atoms with E-state index in [4.69, 9.17) is 0 Å². The number of hydrogen-bond donors (Lipinski definition) is 1. The zero-order valence-corrected chi connectivity index (χ0v) is 12.5. The molecule has 1 atom stereocenters. The van der Waals surface area contributed by atoms with Crippen molar-refractivity contribution in [2.45, 2.75) is 13.0 Å². The predicted molar refractivity (Wildman–Crippen MR) is 82.6 cm³/mol. The molecule has 1 N–H and O–H groups in total. The number of anilines is 1. The second-order valence-electron chi connectivity index (χ2n) is 5.15. The third kappa shape index (κ3) is 3.58.